The molecule has 0 rings (SSSR count). The molecule has 0 N–H and O–H groups in total. The Morgan fingerprint density at radius 1 is 1.43 bits per heavy atom. The number of rotatable bonds is 2. The molecular formula is C3H2S4. The third-order valence-corrected chi connectivity index (χ3v) is 1.77. The fraction of sp³-hybridized carbons (Fsp3) is 0. The zero-order chi connectivity index (χ0) is 5.86. The zero-order valence-electron chi connectivity index (χ0n) is 3.25. The second kappa shape index (κ2) is 3.60. The molecule has 0 aliphatic carbocycles. The van der Waals surface area contributed by atoms with Crippen LogP contribution >= 0.6 is 49.3 Å². The monoisotopic (exact) mass is 166 g/mol. The Kier molecular flexibility index (Phi) is 3.92. The first-order valence-corrected chi connectivity index (χ1v) is 3.14. The van der Waals surface area contributed by atoms with E-state index >= 15 is 0 Å². The van der Waals surface area contributed by atoms with Crippen molar-refractivity contribution in [1.29, 1.82) is 0 Å². The van der Waals surface area contributed by atoms with Gasteiger partial charge >= 0.3 is 0 Å². The van der Waals surface area contributed by atoms with Crippen molar-refractivity contribution in [2.75, 3.05) is 0 Å². The molecule has 7 heavy (non-hydrogen) atoms. The van der Waals surface area contributed by atoms with E-state index in [1.54, 1.807) is 0 Å². The minimum Gasteiger partial charge on any atom is -0.130 e. The van der Waals surface area contributed by atoms with Gasteiger partial charge in [0.05, 0.1) is 9.06 Å². The normalized spacial score (nSPS) is 7.57. The van der Waals surface area contributed by atoms with Crippen LogP contribution in [0.4, 0.5) is 0 Å². The van der Waals surface area contributed by atoms with Crippen LogP contribution in [-0.2, 0) is 0 Å². The summed E-state index contributed by atoms with van der Waals surface area (Å²) in [7, 11) is 0. The Hall–Kier alpha value is 0.620. The fourth-order valence-corrected chi connectivity index (χ4v) is 0.454. The van der Waals surface area contributed by atoms with Gasteiger partial charge in [0.1, 0.15) is 0 Å². The molecule has 0 saturated heterocycles. The van der Waals surface area contributed by atoms with E-state index < -0.39 is 0 Å². The standard InChI is InChI=1S/C3H2S4/c4-1-2(5)3(6)7/h1H,(H,6,7). The van der Waals surface area contributed by atoms with E-state index in [-0.39, 0.29) is 0 Å². The van der Waals surface area contributed by atoms with E-state index in [0.717, 1.165) is 0 Å². The van der Waals surface area contributed by atoms with E-state index in [1.807, 2.05) is 0 Å². The maximum Gasteiger partial charge on any atom is 0.0864 e. The first-order chi connectivity index (χ1) is 3.18. The highest BCUT2D eigenvalue weighted by molar-refractivity contribution is 8.17. The smallest absolute Gasteiger partial charge is 0.0864 e. The fourth-order valence-electron chi connectivity index (χ4n) is 0.0504. The molecule has 0 amide bonds. The highest BCUT2D eigenvalue weighted by Gasteiger charge is 1.89. The van der Waals surface area contributed by atoms with Crippen LogP contribution in [0, 0.1) is 0 Å². The van der Waals surface area contributed by atoms with Crippen LogP contribution in [0.1, 0.15) is 0 Å². The number of hydrogen-bond donors (Lipinski definition) is 1. The predicted octanol–water partition coefficient (Wildman–Crippen LogP) is 1.61. The summed E-state index contributed by atoms with van der Waals surface area (Å²) in [6.07, 6.45) is 0. The van der Waals surface area contributed by atoms with Crippen molar-refractivity contribution in [3.8, 4) is 0 Å². The molecule has 4 heteroatoms. The summed E-state index contributed by atoms with van der Waals surface area (Å²) in [5, 5.41) is 1.34. The second-order valence-corrected chi connectivity index (χ2v) is 2.62. The van der Waals surface area contributed by atoms with E-state index in [9.17, 15) is 0 Å². The molecule has 0 aromatic rings. The Labute approximate surface area is 63.7 Å². The summed E-state index contributed by atoms with van der Waals surface area (Å²) in [5.41, 5.74) is 0. The van der Waals surface area contributed by atoms with Gasteiger partial charge in [-0.25, -0.2) is 0 Å². The second-order valence-electron chi connectivity index (χ2n) is 0.787. The molecule has 0 radical (unpaired) electrons. The quantitative estimate of drug-likeness (QED) is 0.489. The Balaban J connectivity index is 3.81. The average molecular weight is 166 g/mol. The van der Waals surface area contributed by atoms with Crippen molar-refractivity contribution >= 4 is 63.7 Å². The lowest BCUT2D eigenvalue weighted by atomic mass is 10.6. The maximum absolute atomic E-state index is 4.60. The highest BCUT2D eigenvalue weighted by atomic mass is 32.1. The van der Waals surface area contributed by atoms with E-state index in [1.165, 1.54) is 5.37 Å². The summed E-state index contributed by atoms with van der Waals surface area (Å²) >= 11 is 17.4. The van der Waals surface area contributed by atoms with Gasteiger partial charge in [-0.1, -0.05) is 36.7 Å². The highest BCUT2D eigenvalue weighted by Crippen LogP contribution is 1.86. The lowest BCUT2D eigenvalue weighted by Crippen LogP contribution is -1.99. The van der Waals surface area contributed by atoms with Crippen LogP contribution in [0.5, 0.6) is 0 Å². The molecule has 0 aliphatic rings. The van der Waals surface area contributed by atoms with Crippen LogP contribution in [0.2, 0.25) is 0 Å². The average Bonchev–Trinajstić information content (AvgIpc) is 1.65. The van der Waals surface area contributed by atoms with Crippen LogP contribution < -0.4 is 0 Å². The Bertz CT molecular complexity index is 114. The van der Waals surface area contributed by atoms with Crippen molar-refractivity contribution < 1.29 is 0 Å². The molecule has 0 saturated carbocycles. The van der Waals surface area contributed by atoms with Gasteiger partial charge in [0.2, 0.25) is 0 Å². The van der Waals surface area contributed by atoms with E-state index in [2.05, 4.69) is 49.3 Å². The molecule has 0 heterocycles. The van der Waals surface area contributed by atoms with Crippen molar-refractivity contribution in [3.63, 3.8) is 0 Å². The number of thiocarbonyl (C=S) groups is 3. The minimum absolute atomic E-state index is 0.394. The Morgan fingerprint density at radius 2 is 1.86 bits per heavy atom. The van der Waals surface area contributed by atoms with Crippen LogP contribution in [0.3, 0.4) is 0 Å². The largest absolute Gasteiger partial charge is 0.130 e. The maximum atomic E-state index is 4.60. The van der Waals surface area contributed by atoms with Gasteiger partial charge in [-0.3, -0.25) is 0 Å². The third kappa shape index (κ3) is 3.22. The molecule has 0 fully saturated rings. The molecule has 0 aliphatic heterocycles. The molecule has 0 aromatic carbocycles. The molecular weight excluding hydrogens is 164 g/mol. The summed E-state index contributed by atoms with van der Waals surface area (Å²) in [4.78, 5) is 0.466. The summed E-state index contributed by atoms with van der Waals surface area (Å²) in [6.45, 7) is 0. The summed E-state index contributed by atoms with van der Waals surface area (Å²) in [5.74, 6) is 0. The van der Waals surface area contributed by atoms with Gasteiger partial charge in [0, 0.05) is 5.37 Å². The SMILES string of the molecule is S=CC(=S)C(=S)S. The summed E-state index contributed by atoms with van der Waals surface area (Å²) < 4.78 is 0.394. The lowest BCUT2D eigenvalue weighted by molar-refractivity contribution is 3.41. The van der Waals surface area contributed by atoms with Gasteiger partial charge in [-0.05, 0) is 0 Å². The van der Waals surface area contributed by atoms with Crippen molar-refractivity contribution in [1.82, 2.24) is 0 Å². The minimum atomic E-state index is 0.394. The van der Waals surface area contributed by atoms with Crippen LogP contribution in [0.25, 0.3) is 0 Å². The summed E-state index contributed by atoms with van der Waals surface area (Å²) in [6, 6.07) is 0. The van der Waals surface area contributed by atoms with Crippen molar-refractivity contribution in [3.05, 3.63) is 0 Å². The molecule has 38 valence electrons. The number of thiol groups is 1. The van der Waals surface area contributed by atoms with Gasteiger partial charge in [0.15, 0.2) is 0 Å². The van der Waals surface area contributed by atoms with E-state index in [4.69, 9.17) is 0 Å². The zero-order valence-corrected chi connectivity index (χ0v) is 6.59. The molecule has 0 spiro atoms. The first-order valence-electron chi connectivity index (χ1n) is 1.41. The molecule has 0 bridgehead atoms. The first kappa shape index (κ1) is 7.62. The van der Waals surface area contributed by atoms with Gasteiger partial charge in [0.25, 0.3) is 0 Å². The van der Waals surface area contributed by atoms with Crippen LogP contribution in [-0.4, -0.2) is 14.4 Å². The van der Waals surface area contributed by atoms with Crippen molar-refractivity contribution in [2.24, 2.45) is 0 Å². The van der Waals surface area contributed by atoms with Gasteiger partial charge < -0.3 is 0 Å². The number of hydrogen-bond acceptors (Lipinski definition) is 3. The van der Waals surface area contributed by atoms with E-state index in [0.29, 0.717) is 9.06 Å². The third-order valence-electron chi connectivity index (χ3n) is 0.318. The topological polar surface area (TPSA) is 0 Å². The molecule has 0 nitrogen and oxygen atoms in total. The molecule has 0 aromatic heterocycles. The molecule has 0 unspecified atom stereocenters. The Morgan fingerprint density at radius 3 is 1.86 bits per heavy atom. The lowest BCUT2D eigenvalue weighted by Gasteiger charge is -1.82. The van der Waals surface area contributed by atoms with Gasteiger partial charge in [-0.2, -0.15) is 0 Å². The van der Waals surface area contributed by atoms with Crippen molar-refractivity contribution in [2.45, 2.75) is 0 Å². The van der Waals surface area contributed by atoms with Crippen LogP contribution in [0.15, 0.2) is 0 Å². The molecule has 0 atom stereocenters. The predicted molar refractivity (Wildman–Crippen MR) is 47.8 cm³/mol. The van der Waals surface area contributed by atoms with Gasteiger partial charge in [-0.15, -0.1) is 12.6 Å².